The van der Waals surface area contributed by atoms with Crippen molar-refractivity contribution >= 4 is 0 Å². The average Bonchev–Trinajstić information content (AvgIpc) is 3.63. The van der Waals surface area contributed by atoms with Gasteiger partial charge in [0.1, 0.15) is 5.75 Å². The smallest absolute Gasteiger partial charge is 0.115 e. The third-order valence-electron chi connectivity index (χ3n) is 9.08. The molecule has 0 amide bonds. The molecule has 4 aliphatic rings. The molecule has 3 unspecified atom stereocenters. The molecule has 32 heavy (non-hydrogen) atoms. The fourth-order valence-corrected chi connectivity index (χ4v) is 7.07. The second kappa shape index (κ2) is 7.86. The molecule has 0 spiro atoms. The highest BCUT2D eigenvalue weighted by molar-refractivity contribution is 5.48. The molecule has 4 heteroatoms. The summed E-state index contributed by atoms with van der Waals surface area (Å²) in [5.41, 5.74) is 2.99. The Morgan fingerprint density at radius 1 is 0.938 bits per heavy atom. The Balaban J connectivity index is 1.31. The summed E-state index contributed by atoms with van der Waals surface area (Å²) in [6.07, 6.45) is 7.46. The summed E-state index contributed by atoms with van der Waals surface area (Å²) in [6, 6.07) is 16.9. The molecule has 2 aliphatic heterocycles. The lowest BCUT2D eigenvalue weighted by molar-refractivity contribution is -0.149. The Morgan fingerprint density at radius 2 is 1.72 bits per heavy atom. The van der Waals surface area contributed by atoms with Crippen molar-refractivity contribution in [1.82, 2.24) is 9.80 Å². The molecule has 6 rings (SSSR count). The summed E-state index contributed by atoms with van der Waals surface area (Å²) in [6.45, 7) is 5.23. The van der Waals surface area contributed by atoms with Gasteiger partial charge in [-0.25, -0.2) is 0 Å². The van der Waals surface area contributed by atoms with E-state index in [9.17, 15) is 10.2 Å². The Hall–Kier alpha value is -1.88. The van der Waals surface area contributed by atoms with E-state index < -0.39 is 5.60 Å². The maximum Gasteiger partial charge on any atom is 0.115 e. The van der Waals surface area contributed by atoms with Gasteiger partial charge in [-0.1, -0.05) is 36.4 Å². The highest BCUT2D eigenvalue weighted by atomic mass is 16.3. The lowest BCUT2D eigenvalue weighted by atomic mass is 9.52. The van der Waals surface area contributed by atoms with E-state index in [1.165, 1.54) is 29.5 Å². The van der Waals surface area contributed by atoms with Gasteiger partial charge in [-0.3, -0.25) is 4.90 Å². The third-order valence-corrected chi connectivity index (χ3v) is 9.08. The van der Waals surface area contributed by atoms with Crippen LogP contribution in [0.3, 0.4) is 0 Å². The SMILES string of the molecule is Oc1ccc2c(c1)C13CCN(CCc4ccccc4)CCC1(O)C(C2)N(CC1CC1)CC3. The summed E-state index contributed by atoms with van der Waals surface area (Å²) < 4.78 is 0. The second-order valence-electron chi connectivity index (χ2n) is 10.8. The van der Waals surface area contributed by atoms with Crippen LogP contribution in [0.5, 0.6) is 5.75 Å². The Labute approximate surface area is 191 Å². The largest absolute Gasteiger partial charge is 0.508 e. The summed E-state index contributed by atoms with van der Waals surface area (Å²) in [4.78, 5) is 5.20. The molecule has 2 aromatic carbocycles. The Bertz CT molecular complexity index is 975. The van der Waals surface area contributed by atoms with Gasteiger partial charge in [0, 0.05) is 31.1 Å². The number of fused-ring (bicyclic) bond motifs is 1. The van der Waals surface area contributed by atoms with Gasteiger partial charge in [-0.15, -0.1) is 0 Å². The highest BCUT2D eigenvalue weighted by Gasteiger charge is 2.63. The quantitative estimate of drug-likeness (QED) is 0.756. The van der Waals surface area contributed by atoms with Crippen molar-refractivity contribution in [3.63, 3.8) is 0 Å². The fraction of sp³-hybridized carbons (Fsp3) is 0.571. The van der Waals surface area contributed by atoms with E-state index in [4.69, 9.17) is 0 Å². The maximum atomic E-state index is 12.5. The molecule has 2 aliphatic carbocycles. The van der Waals surface area contributed by atoms with E-state index in [2.05, 4.69) is 46.2 Å². The molecule has 3 atom stereocenters. The third kappa shape index (κ3) is 3.39. The molecule has 2 N–H and O–H groups in total. The number of phenolic OH excluding ortho intramolecular Hbond substituents is 1. The monoisotopic (exact) mass is 432 g/mol. The van der Waals surface area contributed by atoms with Gasteiger partial charge in [0.25, 0.3) is 0 Å². The number of aromatic hydroxyl groups is 1. The molecular weight excluding hydrogens is 396 g/mol. The van der Waals surface area contributed by atoms with E-state index in [-0.39, 0.29) is 11.5 Å². The summed E-state index contributed by atoms with van der Waals surface area (Å²) in [7, 11) is 0. The zero-order valence-electron chi connectivity index (χ0n) is 19.0. The van der Waals surface area contributed by atoms with Gasteiger partial charge in [-0.05, 0) is 92.8 Å². The van der Waals surface area contributed by atoms with Crippen LogP contribution in [0, 0.1) is 5.92 Å². The maximum absolute atomic E-state index is 12.5. The highest BCUT2D eigenvalue weighted by Crippen LogP contribution is 2.56. The first-order valence-corrected chi connectivity index (χ1v) is 12.6. The van der Waals surface area contributed by atoms with Gasteiger partial charge in [0.2, 0.25) is 0 Å². The van der Waals surface area contributed by atoms with Crippen molar-refractivity contribution in [1.29, 1.82) is 0 Å². The zero-order valence-corrected chi connectivity index (χ0v) is 19.0. The van der Waals surface area contributed by atoms with Crippen molar-refractivity contribution < 1.29 is 10.2 Å². The van der Waals surface area contributed by atoms with Crippen LogP contribution < -0.4 is 0 Å². The summed E-state index contributed by atoms with van der Waals surface area (Å²) in [5.74, 6) is 1.17. The van der Waals surface area contributed by atoms with Crippen molar-refractivity contribution in [3.8, 4) is 5.75 Å². The van der Waals surface area contributed by atoms with Crippen LogP contribution in [-0.4, -0.2) is 64.4 Å². The summed E-state index contributed by atoms with van der Waals surface area (Å²) >= 11 is 0. The van der Waals surface area contributed by atoms with Gasteiger partial charge >= 0.3 is 0 Å². The number of nitrogens with zero attached hydrogens (tertiary/aromatic N) is 2. The van der Waals surface area contributed by atoms with Gasteiger partial charge in [0.15, 0.2) is 0 Å². The van der Waals surface area contributed by atoms with Gasteiger partial charge in [0.05, 0.1) is 5.60 Å². The van der Waals surface area contributed by atoms with E-state index in [0.717, 1.165) is 70.7 Å². The van der Waals surface area contributed by atoms with Crippen LogP contribution >= 0.6 is 0 Å². The first kappa shape index (κ1) is 20.7. The van der Waals surface area contributed by atoms with Crippen LogP contribution in [0.1, 0.15) is 48.8 Å². The molecule has 0 radical (unpaired) electrons. The van der Waals surface area contributed by atoms with Crippen molar-refractivity contribution in [2.24, 2.45) is 5.92 Å². The number of aliphatic hydroxyl groups is 1. The Kier molecular flexibility index (Phi) is 5.09. The number of rotatable bonds is 5. The first-order valence-electron chi connectivity index (χ1n) is 12.6. The van der Waals surface area contributed by atoms with Crippen LogP contribution in [0.2, 0.25) is 0 Å². The number of phenols is 1. The number of likely N-dealkylation sites (tertiary alicyclic amines) is 2. The van der Waals surface area contributed by atoms with Gasteiger partial charge < -0.3 is 15.1 Å². The van der Waals surface area contributed by atoms with Crippen molar-refractivity contribution in [2.75, 3.05) is 32.7 Å². The van der Waals surface area contributed by atoms with Crippen LogP contribution in [0.15, 0.2) is 48.5 Å². The van der Waals surface area contributed by atoms with Gasteiger partial charge in [-0.2, -0.15) is 0 Å². The standard InChI is InChI=1S/C28H36N2O2/c31-24-9-8-23-18-26-28(32)13-16-29(14-10-21-4-2-1-3-5-21)15-11-27(28,25(23)19-24)12-17-30(26)20-22-6-7-22/h1-5,8-9,19,22,26,31-32H,6-7,10-18,20H2. The van der Waals surface area contributed by atoms with Crippen LogP contribution in [0.4, 0.5) is 0 Å². The number of benzene rings is 2. The molecule has 2 saturated heterocycles. The van der Waals surface area contributed by atoms with Crippen molar-refractivity contribution in [3.05, 3.63) is 65.2 Å². The van der Waals surface area contributed by atoms with Crippen LogP contribution in [0.25, 0.3) is 0 Å². The molecule has 2 bridgehead atoms. The molecule has 3 fully saturated rings. The molecule has 2 heterocycles. The minimum Gasteiger partial charge on any atom is -0.508 e. The second-order valence-corrected chi connectivity index (χ2v) is 10.8. The lowest BCUT2D eigenvalue weighted by Crippen LogP contribution is -2.71. The van der Waals surface area contributed by atoms with E-state index >= 15 is 0 Å². The topological polar surface area (TPSA) is 46.9 Å². The minimum absolute atomic E-state index is 0.197. The number of piperidine rings is 1. The van der Waals surface area contributed by atoms with Crippen LogP contribution in [-0.2, 0) is 18.3 Å². The molecule has 1 saturated carbocycles. The first-order chi connectivity index (χ1) is 15.6. The van der Waals surface area contributed by atoms with Crippen molar-refractivity contribution in [2.45, 2.75) is 62.0 Å². The zero-order chi connectivity index (χ0) is 21.8. The minimum atomic E-state index is -0.720. The number of hydrogen-bond acceptors (Lipinski definition) is 4. The Morgan fingerprint density at radius 3 is 2.53 bits per heavy atom. The molecule has 4 nitrogen and oxygen atoms in total. The average molecular weight is 433 g/mol. The van der Waals surface area contributed by atoms with E-state index in [1.807, 2.05) is 12.1 Å². The summed E-state index contributed by atoms with van der Waals surface area (Å²) in [5, 5.41) is 22.9. The molecule has 170 valence electrons. The fourth-order valence-electron chi connectivity index (χ4n) is 7.07. The van der Waals surface area contributed by atoms with E-state index in [1.54, 1.807) is 0 Å². The molecule has 0 aromatic heterocycles. The predicted octanol–water partition coefficient (Wildman–Crippen LogP) is 3.74. The molecule has 2 aromatic rings. The van der Waals surface area contributed by atoms with E-state index in [0.29, 0.717) is 5.75 Å². The normalized spacial score (nSPS) is 32.7. The molecular formula is C28H36N2O2. The lowest BCUT2D eigenvalue weighted by Gasteiger charge is -2.61. The number of hydrogen-bond donors (Lipinski definition) is 2. The predicted molar refractivity (Wildman–Crippen MR) is 127 cm³/mol.